The molecule has 0 radical (unpaired) electrons. The van der Waals surface area contributed by atoms with Gasteiger partial charge in [-0.05, 0) is 36.2 Å². The average Bonchev–Trinajstić information content (AvgIpc) is 2.63. The Kier molecular flexibility index (Phi) is 5.46. The van der Waals surface area contributed by atoms with Crippen LogP contribution >= 0.6 is 15.9 Å². The number of fused-ring (bicyclic) bond motifs is 1. The summed E-state index contributed by atoms with van der Waals surface area (Å²) < 4.78 is 6.25. The van der Waals surface area contributed by atoms with Crippen molar-refractivity contribution in [2.24, 2.45) is 5.92 Å². The van der Waals surface area contributed by atoms with Crippen LogP contribution in [-0.2, 0) is 4.79 Å². The van der Waals surface area contributed by atoms with Crippen LogP contribution in [0.5, 0.6) is 5.75 Å². The summed E-state index contributed by atoms with van der Waals surface area (Å²) in [7, 11) is 0. The van der Waals surface area contributed by atoms with Gasteiger partial charge in [-0.3, -0.25) is 15.0 Å². The van der Waals surface area contributed by atoms with Crippen molar-refractivity contribution in [1.82, 2.24) is 10.4 Å². The molecule has 7 heteroatoms. The molecule has 6 nitrogen and oxygen atoms in total. The topological polar surface area (TPSA) is 70.7 Å². The summed E-state index contributed by atoms with van der Waals surface area (Å²) >= 11 is 3.38. The number of hydrogen-bond donors (Lipinski definition) is 2. The van der Waals surface area contributed by atoms with E-state index in [0.717, 1.165) is 10.2 Å². The maximum atomic E-state index is 12.9. The van der Waals surface area contributed by atoms with Gasteiger partial charge >= 0.3 is 0 Å². The summed E-state index contributed by atoms with van der Waals surface area (Å²) in [5, 5.41) is 4.66. The number of ether oxygens (including phenoxy) is 1. The van der Waals surface area contributed by atoms with E-state index in [-0.39, 0.29) is 24.6 Å². The third-order valence-electron chi connectivity index (χ3n) is 4.00. The van der Waals surface area contributed by atoms with Gasteiger partial charge in [-0.15, -0.1) is 0 Å². The molecule has 1 atom stereocenters. The minimum atomic E-state index is -0.395. The average molecular weight is 418 g/mol. The van der Waals surface area contributed by atoms with Gasteiger partial charge in [-0.25, -0.2) is 5.01 Å². The number of carbonyl (C=O) groups is 2. The summed E-state index contributed by atoms with van der Waals surface area (Å²) in [4.78, 5) is 25.2. The lowest BCUT2D eigenvalue weighted by Gasteiger charge is -2.39. The van der Waals surface area contributed by atoms with Crippen molar-refractivity contribution < 1.29 is 14.3 Å². The largest absolute Gasteiger partial charge is 0.484 e. The molecule has 0 aromatic heterocycles. The van der Waals surface area contributed by atoms with E-state index in [1.807, 2.05) is 44.2 Å². The van der Waals surface area contributed by atoms with Crippen LogP contribution in [0.25, 0.3) is 0 Å². The monoisotopic (exact) mass is 417 g/mol. The highest BCUT2D eigenvalue weighted by Crippen LogP contribution is 2.29. The Morgan fingerprint density at radius 1 is 1.27 bits per heavy atom. The van der Waals surface area contributed by atoms with Crippen LogP contribution in [0.3, 0.4) is 0 Å². The number of hydrogen-bond acceptors (Lipinski definition) is 4. The lowest BCUT2D eigenvalue weighted by Crippen LogP contribution is -2.59. The number of rotatable bonds is 5. The highest BCUT2D eigenvalue weighted by molar-refractivity contribution is 9.10. The lowest BCUT2D eigenvalue weighted by molar-refractivity contribution is -0.128. The molecule has 1 aliphatic rings. The van der Waals surface area contributed by atoms with E-state index < -0.39 is 5.91 Å². The van der Waals surface area contributed by atoms with Crippen molar-refractivity contribution >= 4 is 33.4 Å². The van der Waals surface area contributed by atoms with Crippen LogP contribution < -0.4 is 15.5 Å². The molecule has 2 aromatic carbocycles. The highest BCUT2D eigenvalue weighted by atomic mass is 79.9. The molecule has 0 bridgehead atoms. The molecule has 0 saturated carbocycles. The van der Waals surface area contributed by atoms with E-state index in [4.69, 9.17) is 4.74 Å². The van der Waals surface area contributed by atoms with Crippen molar-refractivity contribution in [1.29, 1.82) is 0 Å². The molecule has 2 aromatic rings. The second kappa shape index (κ2) is 7.78. The quantitative estimate of drug-likeness (QED) is 0.781. The minimum Gasteiger partial charge on any atom is -0.484 e. The van der Waals surface area contributed by atoms with Crippen LogP contribution in [0.4, 0.5) is 5.69 Å². The Bertz CT molecular complexity index is 811. The SMILES string of the molecule is CC(C)C1Nc2ccc(Br)cc2C(=O)N1NC(=O)COc1ccccc1. The summed E-state index contributed by atoms with van der Waals surface area (Å²) in [5.41, 5.74) is 3.93. The Labute approximate surface area is 160 Å². The van der Waals surface area contributed by atoms with Crippen LogP contribution in [0.2, 0.25) is 0 Å². The molecular formula is C19H20BrN3O3. The van der Waals surface area contributed by atoms with Crippen molar-refractivity contribution in [3.05, 3.63) is 58.6 Å². The predicted octanol–water partition coefficient (Wildman–Crippen LogP) is 3.41. The number of halogens is 1. The van der Waals surface area contributed by atoms with Crippen LogP contribution in [0.1, 0.15) is 24.2 Å². The van der Waals surface area contributed by atoms with Crippen LogP contribution in [0, 0.1) is 5.92 Å². The van der Waals surface area contributed by atoms with Crippen LogP contribution in [-0.4, -0.2) is 29.6 Å². The molecular weight excluding hydrogens is 398 g/mol. The molecule has 136 valence electrons. The second-order valence-electron chi connectivity index (χ2n) is 6.33. The Morgan fingerprint density at radius 3 is 2.69 bits per heavy atom. The van der Waals surface area contributed by atoms with E-state index in [0.29, 0.717) is 11.3 Å². The Morgan fingerprint density at radius 2 is 2.00 bits per heavy atom. The summed E-state index contributed by atoms with van der Waals surface area (Å²) in [5.74, 6) is 0.0337. The molecule has 0 spiro atoms. The van der Waals surface area contributed by atoms with E-state index in [9.17, 15) is 9.59 Å². The van der Waals surface area contributed by atoms with Gasteiger partial charge in [0.2, 0.25) is 0 Å². The van der Waals surface area contributed by atoms with Gasteiger partial charge in [0, 0.05) is 10.2 Å². The van der Waals surface area contributed by atoms with Crippen LogP contribution in [0.15, 0.2) is 53.0 Å². The number of nitrogens with zero attached hydrogens (tertiary/aromatic N) is 1. The first-order valence-corrected chi connectivity index (χ1v) is 9.12. The van der Waals surface area contributed by atoms with Crippen molar-refractivity contribution in [2.45, 2.75) is 20.0 Å². The summed E-state index contributed by atoms with van der Waals surface area (Å²) in [6.45, 7) is 3.78. The Balaban J connectivity index is 1.73. The lowest BCUT2D eigenvalue weighted by atomic mass is 10.0. The molecule has 2 amide bonds. The smallest absolute Gasteiger partial charge is 0.276 e. The summed E-state index contributed by atoms with van der Waals surface area (Å²) in [6.07, 6.45) is -0.350. The minimum absolute atomic E-state index is 0.0890. The van der Waals surface area contributed by atoms with Gasteiger partial charge in [0.25, 0.3) is 11.8 Å². The number of benzene rings is 2. The summed E-state index contributed by atoms with van der Waals surface area (Å²) in [6, 6.07) is 14.5. The van der Waals surface area contributed by atoms with Gasteiger partial charge in [0.1, 0.15) is 11.9 Å². The fourth-order valence-electron chi connectivity index (χ4n) is 2.72. The molecule has 26 heavy (non-hydrogen) atoms. The number of para-hydroxylation sites is 1. The first-order valence-electron chi connectivity index (χ1n) is 8.32. The second-order valence-corrected chi connectivity index (χ2v) is 7.25. The van der Waals surface area contributed by atoms with E-state index in [1.165, 1.54) is 5.01 Å². The van der Waals surface area contributed by atoms with Gasteiger partial charge < -0.3 is 10.1 Å². The van der Waals surface area contributed by atoms with Crippen molar-refractivity contribution in [3.8, 4) is 5.75 Å². The molecule has 0 aliphatic carbocycles. The zero-order valence-corrected chi connectivity index (χ0v) is 16.1. The predicted molar refractivity (Wildman–Crippen MR) is 103 cm³/mol. The van der Waals surface area contributed by atoms with Crippen molar-refractivity contribution in [3.63, 3.8) is 0 Å². The fourth-order valence-corrected chi connectivity index (χ4v) is 3.08. The van der Waals surface area contributed by atoms with Crippen molar-refractivity contribution in [2.75, 3.05) is 11.9 Å². The normalized spacial score (nSPS) is 16.1. The molecule has 0 fully saturated rings. The van der Waals surface area contributed by atoms with E-state index >= 15 is 0 Å². The van der Waals surface area contributed by atoms with Gasteiger partial charge in [0.05, 0.1) is 5.56 Å². The number of amides is 2. The molecule has 1 unspecified atom stereocenters. The maximum absolute atomic E-state index is 12.9. The Hall–Kier alpha value is -2.54. The third-order valence-corrected chi connectivity index (χ3v) is 4.50. The molecule has 3 rings (SSSR count). The standard InChI is InChI=1S/C19H20BrN3O3/c1-12(2)18-21-16-9-8-13(20)10-15(16)19(25)23(18)22-17(24)11-26-14-6-4-3-5-7-14/h3-10,12,18,21H,11H2,1-2H3,(H,22,24). The number of carbonyl (C=O) groups excluding carboxylic acids is 2. The zero-order chi connectivity index (χ0) is 18.7. The fraction of sp³-hybridized carbons (Fsp3) is 0.263. The molecule has 1 heterocycles. The number of hydrazine groups is 1. The van der Waals surface area contributed by atoms with Gasteiger partial charge in [-0.2, -0.15) is 0 Å². The third kappa shape index (κ3) is 3.99. The zero-order valence-electron chi connectivity index (χ0n) is 14.5. The van der Waals surface area contributed by atoms with Gasteiger partial charge in [0.15, 0.2) is 6.61 Å². The molecule has 1 aliphatic heterocycles. The maximum Gasteiger partial charge on any atom is 0.276 e. The van der Waals surface area contributed by atoms with Gasteiger partial charge in [-0.1, -0.05) is 48.0 Å². The number of anilines is 1. The molecule has 2 N–H and O–H groups in total. The van der Waals surface area contributed by atoms with E-state index in [1.54, 1.807) is 18.2 Å². The number of nitrogens with one attached hydrogen (secondary N) is 2. The first kappa shape index (κ1) is 18.3. The first-order chi connectivity index (χ1) is 12.5. The highest BCUT2D eigenvalue weighted by Gasteiger charge is 2.35. The van der Waals surface area contributed by atoms with E-state index in [2.05, 4.69) is 26.7 Å². The molecule has 0 saturated heterocycles.